The van der Waals surface area contributed by atoms with Gasteiger partial charge >= 0.3 is 0 Å². The first-order valence-corrected chi connectivity index (χ1v) is 11.2. The number of anilines is 1. The number of carbonyl (C=O) groups is 1. The van der Waals surface area contributed by atoms with Crippen molar-refractivity contribution in [3.63, 3.8) is 0 Å². The summed E-state index contributed by atoms with van der Waals surface area (Å²) in [6.07, 6.45) is 2.98. The fourth-order valence-electron chi connectivity index (χ4n) is 2.82. The third-order valence-electron chi connectivity index (χ3n) is 4.23. The maximum Gasteiger partial charge on any atom is 0.282 e. The number of fused-ring (bicyclic) bond motifs is 1. The molecule has 0 atom stereocenters. The zero-order valence-electron chi connectivity index (χ0n) is 16.2. The summed E-state index contributed by atoms with van der Waals surface area (Å²) in [6, 6.07) is 10.0. The van der Waals surface area contributed by atoms with Gasteiger partial charge in [-0.25, -0.2) is 13.4 Å². The first-order valence-electron chi connectivity index (χ1n) is 8.95. The number of aromatic nitrogens is 1. The fourth-order valence-corrected chi connectivity index (χ4v) is 5.20. The number of nitrogens with zero attached hydrogens (tertiary/aromatic N) is 3. The molecule has 31 heavy (non-hydrogen) atoms. The van der Waals surface area contributed by atoms with Gasteiger partial charge in [-0.15, -0.1) is 13.2 Å². The molecule has 1 amide bonds. The third kappa shape index (κ3) is 4.68. The molecular formula is C20H18N4O5S2. The molecule has 0 saturated heterocycles. The molecule has 2 aromatic carbocycles. The Labute approximate surface area is 182 Å². The summed E-state index contributed by atoms with van der Waals surface area (Å²) in [5.41, 5.74) is 0.0688. The van der Waals surface area contributed by atoms with Gasteiger partial charge in [-0.3, -0.25) is 20.2 Å². The number of thiazole rings is 1. The van der Waals surface area contributed by atoms with Gasteiger partial charge in [0, 0.05) is 19.2 Å². The van der Waals surface area contributed by atoms with E-state index < -0.39 is 20.9 Å². The number of carbonyl (C=O) groups excluding carboxylic acids is 1. The van der Waals surface area contributed by atoms with Crippen molar-refractivity contribution in [3.05, 3.63) is 83.5 Å². The van der Waals surface area contributed by atoms with E-state index in [9.17, 15) is 23.3 Å². The Morgan fingerprint density at radius 1 is 1.19 bits per heavy atom. The normalized spacial score (nSPS) is 11.4. The lowest BCUT2D eigenvalue weighted by Crippen LogP contribution is -2.31. The first kappa shape index (κ1) is 22.3. The van der Waals surface area contributed by atoms with Crippen LogP contribution in [0.2, 0.25) is 0 Å². The maximum atomic E-state index is 12.9. The van der Waals surface area contributed by atoms with Crippen LogP contribution >= 0.6 is 11.3 Å². The molecular weight excluding hydrogens is 440 g/mol. The molecule has 3 rings (SSSR count). The van der Waals surface area contributed by atoms with Gasteiger partial charge in [0.2, 0.25) is 10.0 Å². The average molecular weight is 459 g/mol. The minimum atomic E-state index is -3.78. The second kappa shape index (κ2) is 9.16. The second-order valence-corrected chi connectivity index (χ2v) is 9.24. The van der Waals surface area contributed by atoms with Crippen LogP contribution in [0.4, 0.5) is 10.8 Å². The fraction of sp³-hybridized carbons (Fsp3) is 0.100. The molecule has 0 aliphatic carbocycles. The molecule has 1 heterocycles. The van der Waals surface area contributed by atoms with Crippen molar-refractivity contribution in [2.24, 2.45) is 0 Å². The number of hydrogen-bond acceptors (Lipinski definition) is 7. The summed E-state index contributed by atoms with van der Waals surface area (Å²) in [7, 11) is -3.78. The molecule has 0 aliphatic rings. The Kier molecular flexibility index (Phi) is 6.59. The standard InChI is InChI=1S/C20H18N4O5S2/c1-3-11-23(12-4-2)31(28,29)14-9-10-16-18(13-14)30-20(21-16)22-19(25)15-7-5-6-8-17(15)24(26)27/h3-10,13H,1-2,11-12H2,(H,21,22,25). The van der Waals surface area contributed by atoms with Crippen LogP contribution < -0.4 is 5.32 Å². The van der Waals surface area contributed by atoms with Gasteiger partial charge < -0.3 is 0 Å². The van der Waals surface area contributed by atoms with Gasteiger partial charge in [0.1, 0.15) is 5.56 Å². The topological polar surface area (TPSA) is 123 Å². The number of nitrogens with one attached hydrogen (secondary N) is 1. The Morgan fingerprint density at radius 3 is 2.52 bits per heavy atom. The molecule has 1 aromatic heterocycles. The summed E-state index contributed by atoms with van der Waals surface area (Å²) in [4.78, 5) is 27.3. The summed E-state index contributed by atoms with van der Waals surface area (Å²) in [6.45, 7) is 7.43. The maximum absolute atomic E-state index is 12.9. The summed E-state index contributed by atoms with van der Waals surface area (Å²) < 4.78 is 27.6. The molecule has 1 N–H and O–H groups in total. The van der Waals surface area contributed by atoms with E-state index >= 15 is 0 Å². The molecule has 0 bridgehead atoms. The van der Waals surface area contributed by atoms with Crippen molar-refractivity contribution in [2.75, 3.05) is 18.4 Å². The lowest BCUT2D eigenvalue weighted by atomic mass is 10.1. The highest BCUT2D eigenvalue weighted by atomic mass is 32.2. The van der Waals surface area contributed by atoms with Crippen molar-refractivity contribution in [1.29, 1.82) is 0 Å². The predicted molar refractivity (Wildman–Crippen MR) is 120 cm³/mol. The van der Waals surface area contributed by atoms with E-state index in [1.807, 2.05) is 0 Å². The lowest BCUT2D eigenvalue weighted by molar-refractivity contribution is -0.385. The number of amides is 1. The molecule has 0 radical (unpaired) electrons. The molecule has 160 valence electrons. The highest BCUT2D eigenvalue weighted by Crippen LogP contribution is 2.30. The van der Waals surface area contributed by atoms with Crippen LogP contribution in [0.3, 0.4) is 0 Å². The summed E-state index contributed by atoms with van der Waals surface area (Å²) in [5.74, 6) is -0.678. The van der Waals surface area contributed by atoms with Gasteiger partial charge in [-0.05, 0) is 24.3 Å². The van der Waals surface area contributed by atoms with Crippen molar-refractivity contribution < 1.29 is 18.1 Å². The Morgan fingerprint density at radius 2 is 1.87 bits per heavy atom. The van der Waals surface area contributed by atoms with Crippen LogP contribution in [-0.4, -0.2) is 41.6 Å². The molecule has 0 unspecified atom stereocenters. The number of hydrogen-bond donors (Lipinski definition) is 1. The van der Waals surface area contributed by atoms with Crippen LogP contribution in [0.25, 0.3) is 10.2 Å². The van der Waals surface area contributed by atoms with Crippen LogP contribution in [0.15, 0.2) is 72.7 Å². The largest absolute Gasteiger partial charge is 0.298 e. The van der Waals surface area contributed by atoms with Crippen LogP contribution in [0.1, 0.15) is 10.4 Å². The number of benzene rings is 2. The molecule has 0 spiro atoms. The minimum Gasteiger partial charge on any atom is -0.298 e. The van der Waals surface area contributed by atoms with E-state index in [-0.39, 0.29) is 34.4 Å². The molecule has 0 saturated carbocycles. The van der Waals surface area contributed by atoms with E-state index in [1.54, 1.807) is 6.07 Å². The van der Waals surface area contributed by atoms with Gasteiger partial charge in [0.15, 0.2) is 5.13 Å². The molecule has 0 aliphatic heterocycles. The zero-order chi connectivity index (χ0) is 22.6. The Hall–Kier alpha value is -3.41. The SMILES string of the molecule is C=CCN(CC=C)S(=O)(=O)c1ccc2nc(NC(=O)c3ccccc3[N+](=O)[O-])sc2c1. The van der Waals surface area contributed by atoms with Crippen LogP contribution in [-0.2, 0) is 10.0 Å². The van der Waals surface area contributed by atoms with Gasteiger partial charge in [0.25, 0.3) is 11.6 Å². The van der Waals surface area contributed by atoms with Crippen LogP contribution in [0.5, 0.6) is 0 Å². The summed E-state index contributed by atoms with van der Waals surface area (Å²) >= 11 is 1.07. The van der Waals surface area contributed by atoms with E-state index in [1.165, 1.54) is 52.9 Å². The zero-order valence-corrected chi connectivity index (χ0v) is 17.9. The number of nitro benzene ring substituents is 1. The summed E-state index contributed by atoms with van der Waals surface area (Å²) in [5, 5.41) is 13.9. The number of sulfonamides is 1. The third-order valence-corrected chi connectivity index (χ3v) is 6.99. The van der Waals surface area contributed by atoms with Crippen molar-refractivity contribution in [3.8, 4) is 0 Å². The van der Waals surface area contributed by atoms with Gasteiger partial charge in [0.05, 0.1) is 20.0 Å². The first-order chi connectivity index (χ1) is 14.8. The van der Waals surface area contributed by atoms with Gasteiger partial charge in [-0.1, -0.05) is 35.6 Å². The van der Waals surface area contributed by atoms with E-state index in [4.69, 9.17) is 0 Å². The molecule has 0 fully saturated rings. The lowest BCUT2D eigenvalue weighted by Gasteiger charge is -2.18. The van der Waals surface area contributed by atoms with Crippen molar-refractivity contribution >= 4 is 48.3 Å². The quantitative estimate of drug-likeness (QED) is 0.295. The predicted octanol–water partition coefficient (Wildman–Crippen LogP) is 3.82. The Bertz CT molecular complexity index is 1270. The van der Waals surface area contributed by atoms with Gasteiger partial charge in [-0.2, -0.15) is 4.31 Å². The number of rotatable bonds is 9. The van der Waals surface area contributed by atoms with Crippen molar-refractivity contribution in [2.45, 2.75) is 4.90 Å². The smallest absolute Gasteiger partial charge is 0.282 e. The number of para-hydroxylation sites is 1. The van der Waals surface area contributed by atoms with E-state index in [0.717, 1.165) is 11.3 Å². The minimum absolute atomic E-state index is 0.0731. The van der Waals surface area contributed by atoms with E-state index in [2.05, 4.69) is 23.5 Å². The van der Waals surface area contributed by atoms with Crippen molar-refractivity contribution in [1.82, 2.24) is 9.29 Å². The highest BCUT2D eigenvalue weighted by Gasteiger charge is 2.24. The monoisotopic (exact) mass is 458 g/mol. The number of nitro groups is 1. The van der Waals surface area contributed by atoms with Crippen LogP contribution in [0, 0.1) is 10.1 Å². The highest BCUT2D eigenvalue weighted by molar-refractivity contribution is 7.89. The average Bonchev–Trinajstić information content (AvgIpc) is 3.14. The molecule has 3 aromatic rings. The molecule has 11 heteroatoms. The van der Waals surface area contributed by atoms with E-state index in [0.29, 0.717) is 10.2 Å². The second-order valence-electron chi connectivity index (χ2n) is 6.28. The Balaban J connectivity index is 1.91. The molecule has 9 nitrogen and oxygen atoms in total.